The average Bonchev–Trinajstić information content (AvgIpc) is 2.66. The van der Waals surface area contributed by atoms with E-state index in [1.165, 1.54) is 0 Å². The molecule has 156 valence electrons. The molecule has 1 aliphatic rings. The molecule has 0 radical (unpaired) electrons. The molecular weight excluding hydrogens is 380 g/mol. The van der Waals surface area contributed by atoms with E-state index in [9.17, 15) is 14.7 Å². The van der Waals surface area contributed by atoms with Crippen LogP contribution >= 0.6 is 0 Å². The van der Waals surface area contributed by atoms with Gasteiger partial charge < -0.3 is 19.7 Å². The molecule has 2 aromatic carbocycles. The maximum Gasteiger partial charge on any atom is 0.337 e. The second-order valence-corrected chi connectivity index (χ2v) is 8.92. The fraction of sp³-hybridized carbons (Fsp3) is 0.333. The SMILES string of the molecule is Cc1cc(C(C)Nc2ccccc2C(=O)O)c2oc(N3CC(C)(C)C3)cc(=O)c2c1. The Kier molecular flexibility index (Phi) is 4.80. The van der Waals surface area contributed by atoms with Gasteiger partial charge >= 0.3 is 5.97 Å². The number of aromatic carboxylic acids is 1. The molecule has 6 heteroatoms. The van der Waals surface area contributed by atoms with E-state index < -0.39 is 5.97 Å². The number of hydrogen-bond acceptors (Lipinski definition) is 5. The summed E-state index contributed by atoms with van der Waals surface area (Å²) in [6, 6.07) is 11.9. The van der Waals surface area contributed by atoms with Crippen LogP contribution < -0.4 is 15.6 Å². The maximum atomic E-state index is 12.8. The van der Waals surface area contributed by atoms with Gasteiger partial charge in [-0.25, -0.2) is 4.79 Å². The molecule has 1 saturated heterocycles. The van der Waals surface area contributed by atoms with Crippen LogP contribution in [0.25, 0.3) is 11.0 Å². The van der Waals surface area contributed by atoms with Crippen molar-refractivity contribution < 1.29 is 14.3 Å². The molecular formula is C24H26N2O4. The number of carboxylic acid groups (broad SMARTS) is 1. The number of para-hydroxylation sites is 1. The highest BCUT2D eigenvalue weighted by Crippen LogP contribution is 2.36. The standard InChI is InChI=1S/C24H26N2O4/c1-14-9-17(15(2)25-19-8-6-5-7-16(19)23(28)29)22-18(10-14)20(27)11-21(30-22)26-12-24(3,4)13-26/h5-11,15,25H,12-13H2,1-4H3,(H,28,29). The number of carboxylic acids is 1. The van der Waals surface area contributed by atoms with E-state index in [-0.39, 0.29) is 22.4 Å². The van der Waals surface area contributed by atoms with Gasteiger partial charge in [0.1, 0.15) is 5.58 Å². The number of hydrogen-bond donors (Lipinski definition) is 2. The maximum absolute atomic E-state index is 12.8. The van der Waals surface area contributed by atoms with Gasteiger partial charge in [-0.15, -0.1) is 0 Å². The number of nitrogens with zero attached hydrogens (tertiary/aromatic N) is 1. The predicted molar refractivity (Wildman–Crippen MR) is 119 cm³/mol. The van der Waals surface area contributed by atoms with Crippen LogP contribution in [0.1, 0.15) is 48.3 Å². The predicted octanol–water partition coefficient (Wildman–Crippen LogP) is 4.82. The van der Waals surface area contributed by atoms with Crippen molar-refractivity contribution >= 4 is 28.5 Å². The number of nitrogens with one attached hydrogen (secondary N) is 1. The first-order valence-corrected chi connectivity index (χ1v) is 10.1. The van der Waals surface area contributed by atoms with Crippen LogP contribution in [0.4, 0.5) is 11.6 Å². The summed E-state index contributed by atoms with van der Waals surface area (Å²) in [7, 11) is 0. The molecule has 4 rings (SSSR count). The highest BCUT2D eigenvalue weighted by Gasteiger charge is 2.36. The monoisotopic (exact) mass is 406 g/mol. The second kappa shape index (κ2) is 7.20. The first-order valence-electron chi connectivity index (χ1n) is 10.1. The second-order valence-electron chi connectivity index (χ2n) is 8.92. The van der Waals surface area contributed by atoms with Crippen molar-refractivity contribution in [1.82, 2.24) is 0 Å². The van der Waals surface area contributed by atoms with Crippen LogP contribution in [-0.4, -0.2) is 24.2 Å². The van der Waals surface area contributed by atoms with Gasteiger partial charge in [0.25, 0.3) is 0 Å². The van der Waals surface area contributed by atoms with E-state index in [4.69, 9.17) is 4.42 Å². The van der Waals surface area contributed by atoms with Crippen molar-refractivity contribution in [2.75, 3.05) is 23.3 Å². The van der Waals surface area contributed by atoms with Crippen molar-refractivity contribution in [3.05, 3.63) is 69.4 Å². The molecule has 2 N–H and O–H groups in total. The van der Waals surface area contributed by atoms with E-state index in [0.717, 1.165) is 24.2 Å². The third kappa shape index (κ3) is 3.65. The van der Waals surface area contributed by atoms with Gasteiger partial charge in [0.15, 0.2) is 11.3 Å². The Hall–Kier alpha value is -3.28. The Labute approximate surface area is 175 Å². The summed E-state index contributed by atoms with van der Waals surface area (Å²) in [5.41, 5.74) is 3.17. The largest absolute Gasteiger partial charge is 0.478 e. The van der Waals surface area contributed by atoms with E-state index in [0.29, 0.717) is 22.5 Å². The lowest BCUT2D eigenvalue weighted by atomic mass is 9.84. The topological polar surface area (TPSA) is 82.8 Å². The smallest absolute Gasteiger partial charge is 0.337 e. The lowest BCUT2D eigenvalue weighted by Gasteiger charge is -2.46. The van der Waals surface area contributed by atoms with Gasteiger partial charge in [0, 0.05) is 30.4 Å². The summed E-state index contributed by atoms with van der Waals surface area (Å²) in [4.78, 5) is 26.5. The summed E-state index contributed by atoms with van der Waals surface area (Å²) in [5.74, 6) is -0.413. The van der Waals surface area contributed by atoms with Gasteiger partial charge in [-0.1, -0.05) is 32.0 Å². The molecule has 1 aliphatic heterocycles. The van der Waals surface area contributed by atoms with Crippen molar-refractivity contribution in [3.63, 3.8) is 0 Å². The van der Waals surface area contributed by atoms with E-state index in [1.807, 2.05) is 26.0 Å². The summed E-state index contributed by atoms with van der Waals surface area (Å²) < 4.78 is 6.23. The molecule has 1 fully saturated rings. The van der Waals surface area contributed by atoms with Crippen LogP contribution in [0.2, 0.25) is 0 Å². The number of benzene rings is 2. The summed E-state index contributed by atoms with van der Waals surface area (Å²) in [6.45, 7) is 9.91. The zero-order chi connectivity index (χ0) is 21.6. The normalized spacial score (nSPS) is 16.2. The third-order valence-electron chi connectivity index (χ3n) is 5.53. The summed E-state index contributed by atoms with van der Waals surface area (Å²) in [6.07, 6.45) is 0. The first kappa shape index (κ1) is 20.0. The molecule has 1 unspecified atom stereocenters. The fourth-order valence-electron chi connectivity index (χ4n) is 4.15. The molecule has 3 aromatic rings. The van der Waals surface area contributed by atoms with Gasteiger partial charge in [0.05, 0.1) is 17.0 Å². The first-order chi connectivity index (χ1) is 14.1. The van der Waals surface area contributed by atoms with Crippen LogP contribution in [0.15, 0.2) is 51.7 Å². The molecule has 1 aromatic heterocycles. The fourth-order valence-corrected chi connectivity index (χ4v) is 4.15. The number of aryl methyl sites for hydroxylation is 1. The lowest BCUT2D eigenvalue weighted by molar-refractivity contribution is 0.0698. The summed E-state index contributed by atoms with van der Waals surface area (Å²) in [5, 5.41) is 13.3. The van der Waals surface area contributed by atoms with Crippen molar-refractivity contribution in [3.8, 4) is 0 Å². The third-order valence-corrected chi connectivity index (χ3v) is 5.53. The van der Waals surface area contributed by atoms with E-state index in [2.05, 4.69) is 24.1 Å². The van der Waals surface area contributed by atoms with Crippen molar-refractivity contribution in [1.29, 1.82) is 0 Å². The molecule has 0 amide bonds. The Morgan fingerprint density at radius 3 is 2.57 bits per heavy atom. The molecule has 6 nitrogen and oxygen atoms in total. The number of anilines is 2. The zero-order valence-electron chi connectivity index (χ0n) is 17.7. The minimum absolute atomic E-state index is 0.0703. The molecule has 0 saturated carbocycles. The highest BCUT2D eigenvalue weighted by atomic mass is 16.4. The Morgan fingerprint density at radius 1 is 1.20 bits per heavy atom. The van der Waals surface area contributed by atoms with Crippen LogP contribution in [-0.2, 0) is 0 Å². The van der Waals surface area contributed by atoms with Crippen molar-refractivity contribution in [2.45, 2.75) is 33.7 Å². The lowest BCUT2D eigenvalue weighted by Crippen LogP contribution is -2.53. The molecule has 0 bridgehead atoms. The quantitative estimate of drug-likeness (QED) is 0.632. The van der Waals surface area contributed by atoms with E-state index in [1.54, 1.807) is 30.3 Å². The minimum atomic E-state index is -0.992. The molecule has 30 heavy (non-hydrogen) atoms. The highest BCUT2D eigenvalue weighted by molar-refractivity contribution is 5.94. The Morgan fingerprint density at radius 2 is 1.90 bits per heavy atom. The van der Waals surface area contributed by atoms with Crippen LogP contribution in [0, 0.1) is 12.3 Å². The number of carbonyl (C=O) groups is 1. The van der Waals surface area contributed by atoms with Crippen LogP contribution in [0.3, 0.4) is 0 Å². The Balaban J connectivity index is 1.77. The van der Waals surface area contributed by atoms with Gasteiger partial charge in [-0.3, -0.25) is 4.79 Å². The molecule has 0 spiro atoms. The van der Waals surface area contributed by atoms with Gasteiger partial charge in [-0.05, 0) is 43.0 Å². The number of fused-ring (bicyclic) bond motifs is 1. The van der Waals surface area contributed by atoms with Gasteiger partial charge in [-0.2, -0.15) is 0 Å². The van der Waals surface area contributed by atoms with Crippen LogP contribution in [0.5, 0.6) is 0 Å². The van der Waals surface area contributed by atoms with E-state index >= 15 is 0 Å². The Bertz CT molecular complexity index is 1190. The minimum Gasteiger partial charge on any atom is -0.478 e. The van der Waals surface area contributed by atoms with Gasteiger partial charge in [0.2, 0.25) is 0 Å². The molecule has 2 heterocycles. The van der Waals surface area contributed by atoms with Crippen molar-refractivity contribution in [2.24, 2.45) is 5.41 Å². The average molecular weight is 406 g/mol. The summed E-state index contributed by atoms with van der Waals surface area (Å²) >= 11 is 0. The molecule has 0 aliphatic carbocycles. The number of rotatable bonds is 5. The molecule has 1 atom stereocenters. The zero-order valence-corrected chi connectivity index (χ0v) is 17.7.